The molecule has 0 heterocycles. The van der Waals surface area contributed by atoms with Crippen molar-refractivity contribution in [2.45, 2.75) is 37.0 Å². The van der Waals surface area contributed by atoms with Crippen LogP contribution in [-0.2, 0) is 9.47 Å². The lowest BCUT2D eigenvalue weighted by atomic mass is 10.0. The first kappa shape index (κ1) is 9.23. The summed E-state index contributed by atoms with van der Waals surface area (Å²) in [7, 11) is 4.81. The molecule has 1 fully saturated rings. The van der Waals surface area contributed by atoms with E-state index in [-0.39, 0.29) is 5.60 Å². The van der Waals surface area contributed by atoms with Gasteiger partial charge in [0.2, 0.25) is 0 Å². The van der Waals surface area contributed by atoms with Crippen LogP contribution in [0.4, 0.5) is 0 Å². The molecule has 0 aromatic carbocycles. The van der Waals surface area contributed by atoms with Crippen molar-refractivity contribution in [2.75, 3.05) is 14.2 Å². The van der Waals surface area contributed by atoms with Gasteiger partial charge in [-0.25, -0.2) is 0 Å². The Kier molecular flexibility index (Phi) is 3.10. The van der Waals surface area contributed by atoms with Crippen molar-refractivity contribution in [2.24, 2.45) is 0 Å². The summed E-state index contributed by atoms with van der Waals surface area (Å²) in [5.74, 6) is 0. The summed E-state index contributed by atoms with van der Waals surface area (Å²) in [5, 5.41) is 0. The first-order chi connectivity index (χ1) is 5.29. The summed E-state index contributed by atoms with van der Waals surface area (Å²) in [6, 6.07) is 1.20. The number of hydrogen-bond acceptors (Lipinski definition) is 2. The van der Waals surface area contributed by atoms with Gasteiger partial charge in [-0.1, -0.05) is 0 Å². The van der Waals surface area contributed by atoms with Gasteiger partial charge < -0.3 is 9.47 Å². The summed E-state index contributed by atoms with van der Waals surface area (Å²) >= 11 is 0. The van der Waals surface area contributed by atoms with Crippen molar-refractivity contribution >= 4 is 10.2 Å². The summed E-state index contributed by atoms with van der Waals surface area (Å²) in [6.45, 7) is 0. The minimum atomic E-state index is 0.0843. The van der Waals surface area contributed by atoms with Gasteiger partial charge in [0.25, 0.3) is 0 Å². The molecule has 0 bridgehead atoms. The topological polar surface area (TPSA) is 18.5 Å². The van der Waals surface area contributed by atoms with Gasteiger partial charge in [0.15, 0.2) is 0 Å². The van der Waals surface area contributed by atoms with Crippen LogP contribution in [0.5, 0.6) is 0 Å². The molecular formula is C8H18O2Si. The first-order valence-electron chi connectivity index (χ1n) is 4.37. The van der Waals surface area contributed by atoms with E-state index in [1.165, 1.54) is 35.5 Å². The van der Waals surface area contributed by atoms with Crippen LogP contribution in [0.15, 0.2) is 0 Å². The van der Waals surface area contributed by atoms with Crippen molar-refractivity contribution in [3.63, 3.8) is 0 Å². The molecule has 66 valence electrons. The molecular weight excluding hydrogens is 156 g/mol. The Bertz CT molecular complexity index is 123. The van der Waals surface area contributed by atoms with Gasteiger partial charge in [0, 0.05) is 24.5 Å². The zero-order valence-electron chi connectivity index (χ0n) is 7.72. The van der Waals surface area contributed by atoms with E-state index < -0.39 is 0 Å². The molecule has 1 rings (SSSR count). The van der Waals surface area contributed by atoms with Crippen molar-refractivity contribution in [1.82, 2.24) is 0 Å². The molecule has 0 aromatic rings. The Morgan fingerprint density at radius 2 is 2.27 bits per heavy atom. The van der Waals surface area contributed by atoms with Crippen molar-refractivity contribution in [1.29, 1.82) is 0 Å². The van der Waals surface area contributed by atoms with Gasteiger partial charge in [-0.05, 0) is 25.3 Å². The second kappa shape index (κ2) is 3.69. The van der Waals surface area contributed by atoms with Crippen LogP contribution in [0.3, 0.4) is 0 Å². The Labute approximate surface area is 71.7 Å². The summed E-state index contributed by atoms with van der Waals surface area (Å²) in [6.07, 6.45) is 3.97. The number of rotatable bonds is 3. The fourth-order valence-corrected chi connectivity index (χ4v) is 3.22. The third-order valence-electron chi connectivity index (χ3n) is 2.94. The lowest BCUT2D eigenvalue weighted by Gasteiger charge is -2.32. The number of ether oxygens (including phenoxy) is 2. The highest BCUT2D eigenvalue weighted by atomic mass is 28.1. The first-order valence-corrected chi connectivity index (χ1v) is 5.78. The Morgan fingerprint density at radius 3 is 2.64 bits per heavy atom. The normalized spacial score (nSPS) is 38.2. The molecule has 0 spiro atoms. The fraction of sp³-hybridized carbons (Fsp3) is 1.00. The molecule has 0 amide bonds. The summed E-state index contributed by atoms with van der Waals surface area (Å²) in [4.78, 5) is 0. The van der Waals surface area contributed by atoms with Crippen LogP contribution < -0.4 is 0 Å². The average molecular weight is 174 g/mol. The van der Waals surface area contributed by atoms with Crippen LogP contribution in [-0.4, -0.2) is 36.2 Å². The molecule has 2 unspecified atom stereocenters. The molecule has 1 saturated carbocycles. The highest BCUT2D eigenvalue weighted by Crippen LogP contribution is 2.37. The monoisotopic (exact) mass is 174 g/mol. The van der Waals surface area contributed by atoms with Crippen molar-refractivity contribution in [3.8, 4) is 0 Å². The maximum Gasteiger partial charge on any atom is 0.0907 e. The molecule has 1 aliphatic rings. The zero-order chi connectivity index (χ0) is 8.32. The minimum Gasteiger partial charge on any atom is -0.378 e. The smallest absolute Gasteiger partial charge is 0.0907 e. The maximum absolute atomic E-state index is 5.56. The molecule has 1 aliphatic carbocycles. The standard InChI is InChI=1S/C8H18O2Si/c1-9-7-4-3-5-8(7,6-11)10-2/h7H,3-6H2,1-2,11H3. The van der Waals surface area contributed by atoms with Gasteiger partial charge in [-0.3, -0.25) is 0 Å². The lowest BCUT2D eigenvalue weighted by molar-refractivity contribution is -0.0857. The van der Waals surface area contributed by atoms with Gasteiger partial charge in [-0.15, -0.1) is 0 Å². The molecule has 0 aromatic heterocycles. The van der Waals surface area contributed by atoms with E-state index >= 15 is 0 Å². The predicted octanol–water partition coefficient (Wildman–Crippen LogP) is 0.354. The third-order valence-corrected chi connectivity index (χ3v) is 4.14. The maximum atomic E-state index is 5.56. The quantitative estimate of drug-likeness (QED) is 0.575. The van der Waals surface area contributed by atoms with Gasteiger partial charge in [-0.2, -0.15) is 0 Å². The number of methoxy groups -OCH3 is 2. The molecule has 3 heteroatoms. The molecule has 0 N–H and O–H groups in total. The predicted molar refractivity (Wildman–Crippen MR) is 49.1 cm³/mol. The highest BCUT2D eigenvalue weighted by Gasteiger charge is 2.41. The Hall–Kier alpha value is 0.137. The Balaban J connectivity index is 2.63. The van der Waals surface area contributed by atoms with E-state index in [4.69, 9.17) is 9.47 Å². The molecule has 0 radical (unpaired) electrons. The van der Waals surface area contributed by atoms with E-state index in [9.17, 15) is 0 Å². The highest BCUT2D eigenvalue weighted by molar-refractivity contribution is 6.09. The van der Waals surface area contributed by atoms with Gasteiger partial charge in [0.05, 0.1) is 11.7 Å². The fourth-order valence-electron chi connectivity index (χ4n) is 2.13. The molecule has 2 nitrogen and oxygen atoms in total. The van der Waals surface area contributed by atoms with Crippen molar-refractivity contribution in [3.05, 3.63) is 0 Å². The van der Waals surface area contributed by atoms with Gasteiger partial charge >= 0.3 is 0 Å². The number of hydrogen-bond donors (Lipinski definition) is 0. The van der Waals surface area contributed by atoms with E-state index in [0.717, 1.165) is 0 Å². The van der Waals surface area contributed by atoms with E-state index in [0.29, 0.717) is 6.10 Å². The zero-order valence-corrected chi connectivity index (χ0v) is 9.72. The third kappa shape index (κ3) is 1.50. The molecule has 0 saturated heterocycles. The van der Waals surface area contributed by atoms with E-state index in [1.807, 2.05) is 7.11 Å². The SMILES string of the molecule is COC1CCCC1(C[SiH3])OC. The van der Waals surface area contributed by atoms with E-state index in [2.05, 4.69) is 0 Å². The van der Waals surface area contributed by atoms with Crippen LogP contribution in [0.2, 0.25) is 6.04 Å². The van der Waals surface area contributed by atoms with E-state index in [1.54, 1.807) is 7.11 Å². The molecule has 0 aliphatic heterocycles. The Morgan fingerprint density at radius 1 is 1.55 bits per heavy atom. The second-order valence-corrected chi connectivity index (χ2v) is 3.95. The second-order valence-electron chi connectivity index (χ2n) is 3.24. The van der Waals surface area contributed by atoms with Crippen LogP contribution in [0, 0.1) is 0 Å². The van der Waals surface area contributed by atoms with Crippen LogP contribution in [0.25, 0.3) is 0 Å². The summed E-state index contributed by atoms with van der Waals surface area (Å²) < 4.78 is 11.0. The largest absolute Gasteiger partial charge is 0.378 e. The van der Waals surface area contributed by atoms with Crippen LogP contribution in [0.1, 0.15) is 19.3 Å². The summed E-state index contributed by atoms with van der Waals surface area (Å²) in [5.41, 5.74) is 0.0843. The molecule has 11 heavy (non-hydrogen) atoms. The van der Waals surface area contributed by atoms with Gasteiger partial charge in [0.1, 0.15) is 0 Å². The average Bonchev–Trinajstić information content (AvgIpc) is 2.47. The minimum absolute atomic E-state index is 0.0843. The molecule has 2 atom stereocenters. The van der Waals surface area contributed by atoms with Crippen LogP contribution >= 0.6 is 0 Å². The lowest BCUT2D eigenvalue weighted by Crippen LogP contribution is -2.40. The van der Waals surface area contributed by atoms with Crippen molar-refractivity contribution < 1.29 is 9.47 Å².